The van der Waals surface area contributed by atoms with E-state index >= 15 is 0 Å². The first-order valence-electron chi connectivity index (χ1n) is 8.19. The lowest BCUT2D eigenvalue weighted by Gasteiger charge is -2.30. The van der Waals surface area contributed by atoms with Crippen molar-refractivity contribution in [2.45, 2.75) is 58.6 Å². The Kier molecular flexibility index (Phi) is 5.64. The largest absolute Gasteiger partial charge is 0.507 e. The zero-order valence-electron chi connectivity index (χ0n) is 14.0. The number of rotatable bonds is 4. The topological polar surface area (TPSA) is 75.6 Å². The number of aromatic hydroxyl groups is 1. The Balaban J connectivity index is 1.93. The van der Waals surface area contributed by atoms with Gasteiger partial charge in [-0.05, 0) is 50.3 Å². The highest BCUT2D eigenvalue weighted by Crippen LogP contribution is 2.24. The SMILES string of the molecule is Cc1ccc(C(=O)O[C@H](C)C(=O)N[C@H]2CCCC[C@@H]2C)c(O)c1. The number of carbonyl (C=O) groups excluding carboxylic acids is 2. The first-order chi connectivity index (χ1) is 10.9. The molecule has 0 heterocycles. The lowest BCUT2D eigenvalue weighted by atomic mass is 9.86. The van der Waals surface area contributed by atoms with Crippen LogP contribution in [0.5, 0.6) is 5.75 Å². The normalized spacial score (nSPS) is 22.2. The third kappa shape index (κ3) is 4.47. The summed E-state index contributed by atoms with van der Waals surface area (Å²) in [6.45, 7) is 5.49. The lowest BCUT2D eigenvalue weighted by molar-refractivity contribution is -0.130. The number of benzene rings is 1. The van der Waals surface area contributed by atoms with E-state index in [1.807, 2.05) is 6.92 Å². The second kappa shape index (κ2) is 7.49. The Hall–Kier alpha value is -2.04. The molecule has 0 saturated heterocycles. The van der Waals surface area contributed by atoms with Crippen LogP contribution in [0.15, 0.2) is 18.2 Å². The van der Waals surface area contributed by atoms with Crippen molar-refractivity contribution in [2.75, 3.05) is 0 Å². The number of phenols is 1. The van der Waals surface area contributed by atoms with E-state index in [0.29, 0.717) is 5.92 Å². The predicted molar refractivity (Wildman–Crippen MR) is 87.3 cm³/mol. The number of hydrogen-bond acceptors (Lipinski definition) is 4. The van der Waals surface area contributed by atoms with Gasteiger partial charge in [0.25, 0.3) is 5.91 Å². The molecule has 1 saturated carbocycles. The van der Waals surface area contributed by atoms with Gasteiger partial charge in [0.2, 0.25) is 0 Å². The number of esters is 1. The van der Waals surface area contributed by atoms with Crippen molar-refractivity contribution in [1.29, 1.82) is 0 Å². The fourth-order valence-corrected chi connectivity index (χ4v) is 2.92. The maximum atomic E-state index is 12.2. The van der Waals surface area contributed by atoms with Crippen LogP contribution in [-0.4, -0.2) is 29.1 Å². The first-order valence-corrected chi connectivity index (χ1v) is 8.19. The minimum absolute atomic E-state index is 0.0706. The second-order valence-electron chi connectivity index (χ2n) is 6.44. The number of ether oxygens (including phenoxy) is 1. The van der Waals surface area contributed by atoms with Crippen LogP contribution in [0.4, 0.5) is 0 Å². The van der Waals surface area contributed by atoms with Gasteiger partial charge in [-0.15, -0.1) is 0 Å². The molecule has 1 fully saturated rings. The molecule has 2 N–H and O–H groups in total. The van der Waals surface area contributed by atoms with E-state index in [2.05, 4.69) is 12.2 Å². The highest BCUT2D eigenvalue weighted by molar-refractivity contribution is 5.94. The molecular weight excluding hydrogens is 294 g/mol. The van der Waals surface area contributed by atoms with Crippen molar-refractivity contribution in [1.82, 2.24) is 5.32 Å². The fraction of sp³-hybridized carbons (Fsp3) is 0.556. The van der Waals surface area contributed by atoms with Crippen LogP contribution in [0.2, 0.25) is 0 Å². The van der Waals surface area contributed by atoms with Gasteiger partial charge in [-0.2, -0.15) is 0 Å². The summed E-state index contributed by atoms with van der Waals surface area (Å²) >= 11 is 0. The average Bonchev–Trinajstić information content (AvgIpc) is 2.49. The second-order valence-corrected chi connectivity index (χ2v) is 6.44. The van der Waals surface area contributed by atoms with Crippen LogP contribution in [-0.2, 0) is 9.53 Å². The molecule has 0 unspecified atom stereocenters. The monoisotopic (exact) mass is 319 g/mol. The van der Waals surface area contributed by atoms with Gasteiger partial charge < -0.3 is 15.2 Å². The summed E-state index contributed by atoms with van der Waals surface area (Å²) in [5, 5.41) is 12.8. The number of nitrogens with one attached hydrogen (secondary N) is 1. The standard InChI is InChI=1S/C18H25NO4/c1-11-8-9-14(16(20)10-11)18(22)23-13(3)17(21)19-15-7-5-4-6-12(15)2/h8-10,12-13,15,20H,4-7H2,1-3H3,(H,19,21)/t12-,13+,15-/m0/s1. The molecule has 1 aliphatic carbocycles. The van der Waals surface area contributed by atoms with E-state index in [1.165, 1.54) is 18.6 Å². The zero-order valence-corrected chi connectivity index (χ0v) is 14.0. The third-order valence-corrected chi connectivity index (χ3v) is 4.47. The van der Waals surface area contributed by atoms with Gasteiger partial charge >= 0.3 is 5.97 Å². The minimum atomic E-state index is -0.891. The molecule has 0 spiro atoms. The van der Waals surface area contributed by atoms with Crippen molar-refractivity contribution >= 4 is 11.9 Å². The molecule has 1 aromatic rings. The van der Waals surface area contributed by atoms with Crippen molar-refractivity contribution in [3.05, 3.63) is 29.3 Å². The highest BCUT2D eigenvalue weighted by atomic mass is 16.5. The minimum Gasteiger partial charge on any atom is -0.507 e. The van der Waals surface area contributed by atoms with Gasteiger partial charge in [0.15, 0.2) is 6.10 Å². The zero-order chi connectivity index (χ0) is 17.0. The Morgan fingerprint density at radius 3 is 2.65 bits per heavy atom. The molecule has 5 heteroatoms. The molecule has 3 atom stereocenters. The lowest BCUT2D eigenvalue weighted by Crippen LogP contribution is -2.45. The van der Waals surface area contributed by atoms with E-state index in [-0.39, 0.29) is 23.3 Å². The van der Waals surface area contributed by atoms with Gasteiger partial charge in [-0.1, -0.05) is 25.8 Å². The van der Waals surface area contributed by atoms with Crippen molar-refractivity contribution in [2.24, 2.45) is 5.92 Å². The molecule has 126 valence electrons. The molecule has 1 aromatic carbocycles. The van der Waals surface area contributed by atoms with E-state index in [9.17, 15) is 14.7 Å². The van der Waals surface area contributed by atoms with Crippen LogP contribution in [0, 0.1) is 12.8 Å². The molecule has 0 aromatic heterocycles. The fourth-order valence-electron chi connectivity index (χ4n) is 2.92. The van der Waals surface area contributed by atoms with E-state index in [1.54, 1.807) is 13.0 Å². The number of hydrogen-bond donors (Lipinski definition) is 2. The van der Waals surface area contributed by atoms with Crippen molar-refractivity contribution in [3.8, 4) is 5.75 Å². The van der Waals surface area contributed by atoms with Gasteiger partial charge in [-0.25, -0.2) is 4.79 Å². The summed E-state index contributed by atoms with van der Waals surface area (Å²) in [7, 11) is 0. The molecule has 0 radical (unpaired) electrons. The van der Waals surface area contributed by atoms with E-state index in [4.69, 9.17) is 4.74 Å². The Bertz CT molecular complexity index is 584. The van der Waals surface area contributed by atoms with Crippen LogP contribution < -0.4 is 5.32 Å². The molecule has 23 heavy (non-hydrogen) atoms. The molecule has 5 nitrogen and oxygen atoms in total. The maximum Gasteiger partial charge on any atom is 0.342 e. The van der Waals surface area contributed by atoms with Crippen LogP contribution >= 0.6 is 0 Å². The average molecular weight is 319 g/mol. The highest BCUT2D eigenvalue weighted by Gasteiger charge is 2.27. The number of carbonyl (C=O) groups is 2. The van der Waals surface area contributed by atoms with E-state index in [0.717, 1.165) is 24.8 Å². The van der Waals surface area contributed by atoms with Gasteiger partial charge in [0.05, 0.1) is 0 Å². The predicted octanol–water partition coefficient (Wildman–Crippen LogP) is 2.94. The van der Waals surface area contributed by atoms with Crippen LogP contribution in [0.25, 0.3) is 0 Å². The summed E-state index contributed by atoms with van der Waals surface area (Å²) in [6.07, 6.45) is 3.49. The van der Waals surface area contributed by atoms with Crippen LogP contribution in [0.1, 0.15) is 55.5 Å². The Morgan fingerprint density at radius 2 is 2.00 bits per heavy atom. The van der Waals surface area contributed by atoms with Crippen LogP contribution in [0.3, 0.4) is 0 Å². The van der Waals surface area contributed by atoms with Gasteiger partial charge in [-0.3, -0.25) is 4.79 Å². The summed E-state index contributed by atoms with van der Waals surface area (Å²) in [6, 6.07) is 4.85. The van der Waals surface area contributed by atoms with Gasteiger partial charge in [0, 0.05) is 6.04 Å². The summed E-state index contributed by atoms with van der Waals surface area (Å²) in [5.41, 5.74) is 0.914. The number of phenolic OH excluding ortho intramolecular Hbond substituents is 1. The Labute approximate surface area is 137 Å². The maximum absolute atomic E-state index is 12.2. The molecule has 1 amide bonds. The molecule has 1 aliphatic rings. The summed E-state index contributed by atoms with van der Waals surface area (Å²) < 4.78 is 5.18. The van der Waals surface area contributed by atoms with Crippen molar-refractivity contribution < 1.29 is 19.4 Å². The molecule has 0 bridgehead atoms. The summed E-state index contributed by atoms with van der Waals surface area (Å²) in [5.74, 6) is -0.675. The number of aryl methyl sites for hydroxylation is 1. The third-order valence-electron chi connectivity index (χ3n) is 4.47. The summed E-state index contributed by atoms with van der Waals surface area (Å²) in [4.78, 5) is 24.3. The number of amides is 1. The Morgan fingerprint density at radius 1 is 1.30 bits per heavy atom. The molecule has 0 aliphatic heterocycles. The quantitative estimate of drug-likeness (QED) is 0.837. The van der Waals surface area contributed by atoms with Crippen molar-refractivity contribution in [3.63, 3.8) is 0 Å². The first kappa shape index (κ1) is 17.3. The smallest absolute Gasteiger partial charge is 0.342 e. The molecule has 2 rings (SSSR count). The van der Waals surface area contributed by atoms with Gasteiger partial charge in [0.1, 0.15) is 11.3 Å². The molecular formula is C18H25NO4. The van der Waals surface area contributed by atoms with E-state index < -0.39 is 12.1 Å².